The molecule has 1 aliphatic rings. The Hall–Kier alpha value is -2.89. The number of hydrogen-bond acceptors (Lipinski definition) is 3. The number of ether oxygens (including phenoxy) is 1. The number of piperidine rings is 1. The summed E-state index contributed by atoms with van der Waals surface area (Å²) in [5, 5.41) is 2.99. The lowest BCUT2D eigenvalue weighted by Gasteiger charge is -2.31. The number of hydrogen-bond donors (Lipinski definition) is 1. The summed E-state index contributed by atoms with van der Waals surface area (Å²) in [6.07, 6.45) is 1.97. The quantitative estimate of drug-likeness (QED) is 0.833. The van der Waals surface area contributed by atoms with Crippen LogP contribution in [0.3, 0.4) is 0 Å². The molecule has 1 saturated heterocycles. The monoisotopic (exact) mass is 384 g/mol. The van der Waals surface area contributed by atoms with Crippen LogP contribution >= 0.6 is 0 Å². The SMILES string of the molecule is COc1ccccc1CCNC(=O)C1CCN(C(=O)c2ccc(F)cc2)CC1. The molecule has 3 rings (SSSR count). The summed E-state index contributed by atoms with van der Waals surface area (Å²) in [6.45, 7) is 1.61. The van der Waals surface area contributed by atoms with Gasteiger partial charge in [-0.3, -0.25) is 9.59 Å². The first-order valence-electron chi connectivity index (χ1n) is 9.53. The van der Waals surface area contributed by atoms with Crippen LogP contribution in [-0.4, -0.2) is 43.5 Å². The van der Waals surface area contributed by atoms with Gasteiger partial charge < -0.3 is 15.0 Å². The van der Waals surface area contributed by atoms with E-state index >= 15 is 0 Å². The average Bonchev–Trinajstić information content (AvgIpc) is 2.74. The predicted octanol–water partition coefficient (Wildman–Crippen LogP) is 3.05. The van der Waals surface area contributed by atoms with E-state index in [1.807, 2.05) is 24.3 Å². The number of likely N-dealkylation sites (tertiary alicyclic amines) is 1. The molecule has 0 radical (unpaired) electrons. The van der Waals surface area contributed by atoms with Crippen LogP contribution in [0.5, 0.6) is 5.75 Å². The summed E-state index contributed by atoms with van der Waals surface area (Å²) >= 11 is 0. The molecule has 6 heteroatoms. The molecule has 0 spiro atoms. The maximum absolute atomic E-state index is 13.0. The fraction of sp³-hybridized carbons (Fsp3) is 0.364. The van der Waals surface area contributed by atoms with Gasteiger partial charge in [0.1, 0.15) is 11.6 Å². The molecule has 0 saturated carbocycles. The van der Waals surface area contributed by atoms with Gasteiger partial charge in [-0.1, -0.05) is 18.2 Å². The Labute approximate surface area is 164 Å². The largest absolute Gasteiger partial charge is 0.496 e. The van der Waals surface area contributed by atoms with Gasteiger partial charge in [-0.15, -0.1) is 0 Å². The molecule has 148 valence electrons. The minimum absolute atomic E-state index is 0.0313. The molecule has 0 aromatic heterocycles. The molecule has 2 amide bonds. The highest BCUT2D eigenvalue weighted by atomic mass is 19.1. The van der Waals surface area contributed by atoms with Crippen molar-refractivity contribution in [3.63, 3.8) is 0 Å². The minimum Gasteiger partial charge on any atom is -0.496 e. The summed E-state index contributed by atoms with van der Waals surface area (Å²) in [7, 11) is 1.64. The van der Waals surface area contributed by atoms with Crippen molar-refractivity contribution in [1.29, 1.82) is 0 Å². The summed E-state index contributed by atoms with van der Waals surface area (Å²) in [4.78, 5) is 26.6. The van der Waals surface area contributed by atoms with Gasteiger partial charge in [0.15, 0.2) is 0 Å². The molecular formula is C22H25FN2O3. The van der Waals surface area contributed by atoms with Crippen molar-refractivity contribution in [3.8, 4) is 5.75 Å². The van der Waals surface area contributed by atoms with Gasteiger partial charge >= 0.3 is 0 Å². The van der Waals surface area contributed by atoms with Crippen LogP contribution in [-0.2, 0) is 11.2 Å². The first-order valence-corrected chi connectivity index (χ1v) is 9.53. The van der Waals surface area contributed by atoms with Crippen LogP contribution in [0.25, 0.3) is 0 Å². The summed E-state index contributed by atoms with van der Waals surface area (Å²) in [6, 6.07) is 13.3. The number of halogens is 1. The standard InChI is InChI=1S/C22H25FN2O3/c1-28-20-5-3-2-4-16(20)10-13-24-21(26)17-11-14-25(15-12-17)22(27)18-6-8-19(23)9-7-18/h2-9,17H,10-15H2,1H3,(H,24,26). The number of nitrogens with zero attached hydrogens (tertiary/aromatic N) is 1. The van der Waals surface area contributed by atoms with E-state index in [4.69, 9.17) is 4.74 Å². The lowest BCUT2D eigenvalue weighted by atomic mass is 9.95. The second-order valence-corrected chi connectivity index (χ2v) is 6.93. The molecule has 0 aliphatic carbocycles. The molecule has 0 unspecified atom stereocenters. The first-order chi connectivity index (χ1) is 13.6. The van der Waals surface area contributed by atoms with Crippen molar-refractivity contribution in [2.75, 3.05) is 26.7 Å². The van der Waals surface area contributed by atoms with Gasteiger partial charge in [0.2, 0.25) is 5.91 Å². The number of amides is 2. The van der Waals surface area contributed by atoms with E-state index in [9.17, 15) is 14.0 Å². The second kappa shape index (κ2) is 9.35. The van der Waals surface area contributed by atoms with Crippen molar-refractivity contribution in [3.05, 3.63) is 65.5 Å². The first kappa shape index (κ1) is 19.9. The molecule has 1 fully saturated rings. The van der Waals surface area contributed by atoms with E-state index < -0.39 is 0 Å². The number of carbonyl (C=O) groups is 2. The highest BCUT2D eigenvalue weighted by molar-refractivity contribution is 5.94. The van der Waals surface area contributed by atoms with Crippen molar-refractivity contribution in [2.45, 2.75) is 19.3 Å². The number of rotatable bonds is 6. The van der Waals surface area contributed by atoms with Crippen LogP contribution < -0.4 is 10.1 Å². The van der Waals surface area contributed by atoms with Crippen molar-refractivity contribution < 1.29 is 18.7 Å². The van der Waals surface area contributed by atoms with E-state index in [2.05, 4.69) is 5.32 Å². The molecule has 28 heavy (non-hydrogen) atoms. The summed E-state index contributed by atoms with van der Waals surface area (Å²) in [5.74, 6) is 0.290. The maximum Gasteiger partial charge on any atom is 0.253 e. The topological polar surface area (TPSA) is 58.6 Å². The summed E-state index contributed by atoms with van der Waals surface area (Å²) in [5.41, 5.74) is 1.53. The zero-order chi connectivity index (χ0) is 19.9. The zero-order valence-corrected chi connectivity index (χ0v) is 16.0. The Bertz CT molecular complexity index is 815. The Balaban J connectivity index is 1.44. The van der Waals surface area contributed by atoms with Crippen molar-refractivity contribution >= 4 is 11.8 Å². The normalized spacial score (nSPS) is 14.6. The predicted molar refractivity (Wildman–Crippen MR) is 105 cm³/mol. The van der Waals surface area contributed by atoms with Gasteiger partial charge in [-0.25, -0.2) is 4.39 Å². The van der Waals surface area contributed by atoms with E-state index in [0.717, 1.165) is 11.3 Å². The third-order valence-electron chi connectivity index (χ3n) is 5.13. The highest BCUT2D eigenvalue weighted by Gasteiger charge is 2.27. The van der Waals surface area contributed by atoms with Gasteiger partial charge in [0.05, 0.1) is 7.11 Å². The lowest BCUT2D eigenvalue weighted by Crippen LogP contribution is -2.43. The lowest BCUT2D eigenvalue weighted by molar-refractivity contribution is -0.126. The van der Waals surface area contributed by atoms with Gasteiger partial charge in [0, 0.05) is 31.1 Å². The molecule has 0 atom stereocenters. The Morgan fingerprint density at radius 3 is 2.46 bits per heavy atom. The van der Waals surface area contributed by atoms with Crippen LogP contribution in [0, 0.1) is 11.7 Å². The fourth-order valence-corrected chi connectivity index (χ4v) is 3.49. The van der Waals surface area contributed by atoms with Crippen LogP contribution in [0.1, 0.15) is 28.8 Å². The van der Waals surface area contributed by atoms with Gasteiger partial charge in [-0.05, 0) is 55.2 Å². The molecule has 1 N–H and O–H groups in total. The molecule has 1 heterocycles. The average molecular weight is 384 g/mol. The smallest absolute Gasteiger partial charge is 0.253 e. The van der Waals surface area contributed by atoms with E-state index in [-0.39, 0.29) is 23.5 Å². The minimum atomic E-state index is -0.361. The number of carbonyl (C=O) groups excluding carboxylic acids is 2. The Morgan fingerprint density at radius 2 is 1.79 bits per heavy atom. The highest BCUT2D eigenvalue weighted by Crippen LogP contribution is 2.20. The molecular weight excluding hydrogens is 359 g/mol. The molecule has 1 aliphatic heterocycles. The van der Waals surface area contributed by atoms with Crippen molar-refractivity contribution in [1.82, 2.24) is 10.2 Å². The zero-order valence-electron chi connectivity index (χ0n) is 16.0. The van der Waals surface area contributed by atoms with E-state index in [0.29, 0.717) is 44.5 Å². The van der Waals surface area contributed by atoms with Crippen molar-refractivity contribution in [2.24, 2.45) is 5.92 Å². The summed E-state index contributed by atoms with van der Waals surface area (Å²) < 4.78 is 18.3. The molecule has 2 aromatic rings. The second-order valence-electron chi connectivity index (χ2n) is 6.93. The van der Waals surface area contributed by atoms with Crippen LogP contribution in [0.2, 0.25) is 0 Å². The number of methoxy groups -OCH3 is 1. The van der Waals surface area contributed by atoms with Gasteiger partial charge in [-0.2, -0.15) is 0 Å². The molecule has 2 aromatic carbocycles. The number of benzene rings is 2. The van der Waals surface area contributed by atoms with Crippen LogP contribution in [0.15, 0.2) is 48.5 Å². The third kappa shape index (κ3) is 4.88. The van der Waals surface area contributed by atoms with Gasteiger partial charge in [0.25, 0.3) is 5.91 Å². The van der Waals surface area contributed by atoms with E-state index in [1.165, 1.54) is 24.3 Å². The molecule has 5 nitrogen and oxygen atoms in total. The van der Waals surface area contributed by atoms with Crippen LogP contribution in [0.4, 0.5) is 4.39 Å². The number of nitrogens with one attached hydrogen (secondary N) is 1. The maximum atomic E-state index is 13.0. The third-order valence-corrected chi connectivity index (χ3v) is 5.13. The molecule has 0 bridgehead atoms. The van der Waals surface area contributed by atoms with E-state index in [1.54, 1.807) is 12.0 Å². The number of para-hydroxylation sites is 1. The fourth-order valence-electron chi connectivity index (χ4n) is 3.49. The Morgan fingerprint density at radius 1 is 1.11 bits per heavy atom. The Kier molecular flexibility index (Phi) is 6.63.